The van der Waals surface area contributed by atoms with Gasteiger partial charge in [-0.3, -0.25) is 24.3 Å². The number of amides is 2. The molecule has 0 fully saturated rings. The number of hydrogen-bond acceptors (Lipinski definition) is 4. The van der Waals surface area contributed by atoms with Crippen LogP contribution in [0.3, 0.4) is 0 Å². The molecule has 0 radical (unpaired) electrons. The van der Waals surface area contributed by atoms with Gasteiger partial charge in [-0.1, -0.05) is 35.3 Å². The number of anilines is 1. The molecule has 1 heterocycles. The lowest BCUT2D eigenvalue weighted by Gasteiger charge is -2.17. The molecule has 0 saturated heterocycles. The second-order valence-electron chi connectivity index (χ2n) is 6.30. The third-order valence-corrected chi connectivity index (χ3v) is 4.93. The van der Waals surface area contributed by atoms with E-state index < -0.39 is 29.5 Å². The summed E-state index contributed by atoms with van der Waals surface area (Å²) in [5, 5.41) is 6.08. The summed E-state index contributed by atoms with van der Waals surface area (Å²) >= 11 is 11.7. The van der Waals surface area contributed by atoms with Crippen molar-refractivity contribution in [1.82, 2.24) is 14.7 Å². The largest absolute Gasteiger partial charge is 0.335 e. The molecule has 0 atom stereocenters. The Bertz CT molecular complexity index is 1220. The van der Waals surface area contributed by atoms with Crippen LogP contribution in [0.25, 0.3) is 10.8 Å². The maximum atomic E-state index is 12.5. The van der Waals surface area contributed by atoms with Crippen molar-refractivity contribution >= 4 is 51.5 Å². The molecule has 1 aromatic heterocycles. The number of halogens is 2. The second kappa shape index (κ2) is 8.50. The lowest BCUT2D eigenvalue weighted by molar-refractivity contribution is -0.134. The average molecular weight is 435 g/mol. The van der Waals surface area contributed by atoms with E-state index in [2.05, 4.69) is 10.4 Å². The zero-order valence-corrected chi connectivity index (χ0v) is 16.8. The molecule has 3 aromatic rings. The summed E-state index contributed by atoms with van der Waals surface area (Å²) in [5.41, 5.74) is -0.546. The van der Waals surface area contributed by atoms with Crippen LogP contribution in [-0.4, -0.2) is 40.1 Å². The van der Waals surface area contributed by atoms with E-state index in [-0.39, 0.29) is 22.3 Å². The van der Waals surface area contributed by atoms with E-state index in [4.69, 9.17) is 23.2 Å². The highest BCUT2D eigenvalue weighted by molar-refractivity contribution is 6.42. The predicted molar refractivity (Wildman–Crippen MR) is 112 cm³/mol. The third kappa shape index (κ3) is 4.67. The summed E-state index contributed by atoms with van der Waals surface area (Å²) in [7, 11) is 1.42. The van der Waals surface area contributed by atoms with Gasteiger partial charge in [-0.25, -0.2) is 4.68 Å². The van der Waals surface area contributed by atoms with Crippen LogP contribution >= 0.6 is 23.2 Å². The molecular formula is C19H16Cl2N4O4. The minimum absolute atomic E-state index is 0.212. The van der Waals surface area contributed by atoms with Crippen molar-refractivity contribution in [3.8, 4) is 0 Å². The Balaban J connectivity index is 1.69. The van der Waals surface area contributed by atoms with Gasteiger partial charge in [0.2, 0.25) is 11.8 Å². The first-order chi connectivity index (χ1) is 13.8. The summed E-state index contributed by atoms with van der Waals surface area (Å²) in [6.45, 7) is -0.666. The molecule has 0 aliphatic rings. The van der Waals surface area contributed by atoms with Gasteiger partial charge in [-0.15, -0.1) is 0 Å². The van der Waals surface area contributed by atoms with Crippen molar-refractivity contribution in [3.63, 3.8) is 0 Å². The van der Waals surface area contributed by atoms with Crippen molar-refractivity contribution in [3.05, 3.63) is 73.2 Å². The number of aromatic nitrogens is 2. The lowest BCUT2D eigenvalue weighted by Crippen LogP contribution is -2.40. The van der Waals surface area contributed by atoms with Crippen LogP contribution in [-0.2, 0) is 16.1 Å². The summed E-state index contributed by atoms with van der Waals surface area (Å²) in [6, 6.07) is 10.9. The Morgan fingerprint density at radius 3 is 2.45 bits per heavy atom. The SMILES string of the molecule is CN(CC(=O)Nc1ccc(Cl)c(Cl)c1)C(=O)Cn1[nH]c(=O)c2ccccc2c1=O. The van der Waals surface area contributed by atoms with E-state index >= 15 is 0 Å². The number of fused-ring (bicyclic) bond motifs is 1. The fourth-order valence-electron chi connectivity index (χ4n) is 2.69. The fraction of sp³-hybridized carbons (Fsp3) is 0.158. The van der Waals surface area contributed by atoms with Crippen molar-refractivity contribution in [2.45, 2.75) is 6.54 Å². The van der Waals surface area contributed by atoms with Crippen LogP contribution in [0, 0.1) is 0 Å². The van der Waals surface area contributed by atoms with Crippen LogP contribution < -0.4 is 16.4 Å². The molecular weight excluding hydrogens is 419 g/mol. The molecule has 29 heavy (non-hydrogen) atoms. The number of carbonyl (C=O) groups excluding carboxylic acids is 2. The van der Waals surface area contributed by atoms with E-state index in [0.717, 1.165) is 9.58 Å². The van der Waals surface area contributed by atoms with Gasteiger partial charge in [0.05, 0.1) is 27.4 Å². The molecule has 8 nitrogen and oxygen atoms in total. The predicted octanol–water partition coefficient (Wildman–Crippen LogP) is 2.09. The number of nitrogens with zero attached hydrogens (tertiary/aromatic N) is 2. The van der Waals surface area contributed by atoms with E-state index in [9.17, 15) is 19.2 Å². The average Bonchev–Trinajstić information content (AvgIpc) is 2.68. The maximum Gasteiger partial charge on any atom is 0.273 e. The van der Waals surface area contributed by atoms with E-state index in [1.165, 1.54) is 31.3 Å². The Labute approximate surface area is 174 Å². The van der Waals surface area contributed by atoms with Crippen LogP contribution in [0.2, 0.25) is 10.0 Å². The maximum absolute atomic E-state index is 12.5. The third-order valence-electron chi connectivity index (χ3n) is 4.19. The van der Waals surface area contributed by atoms with Crippen molar-refractivity contribution in [2.75, 3.05) is 18.9 Å². The molecule has 0 unspecified atom stereocenters. The Kier molecular flexibility index (Phi) is 6.05. The molecule has 0 spiro atoms. The zero-order valence-electron chi connectivity index (χ0n) is 15.2. The van der Waals surface area contributed by atoms with Crippen LogP contribution in [0.4, 0.5) is 5.69 Å². The molecule has 10 heteroatoms. The highest BCUT2D eigenvalue weighted by Gasteiger charge is 2.16. The Morgan fingerprint density at radius 2 is 1.76 bits per heavy atom. The minimum atomic E-state index is -0.526. The summed E-state index contributed by atoms with van der Waals surface area (Å²) in [4.78, 5) is 50.3. The van der Waals surface area contributed by atoms with Gasteiger partial charge in [0.25, 0.3) is 11.1 Å². The molecule has 3 rings (SSSR count). The first kappa shape index (κ1) is 20.6. The molecule has 2 aromatic carbocycles. The topological polar surface area (TPSA) is 104 Å². The number of aromatic amines is 1. The molecule has 0 aliphatic heterocycles. The molecule has 0 bridgehead atoms. The van der Waals surface area contributed by atoms with Crippen LogP contribution in [0.15, 0.2) is 52.1 Å². The number of carbonyl (C=O) groups is 2. The van der Waals surface area contributed by atoms with Gasteiger partial charge in [-0.2, -0.15) is 0 Å². The first-order valence-corrected chi connectivity index (χ1v) is 9.22. The molecule has 2 N–H and O–H groups in total. The number of rotatable bonds is 5. The quantitative estimate of drug-likeness (QED) is 0.641. The van der Waals surface area contributed by atoms with Gasteiger partial charge in [0.15, 0.2) is 0 Å². The van der Waals surface area contributed by atoms with Crippen LogP contribution in [0.1, 0.15) is 0 Å². The smallest absolute Gasteiger partial charge is 0.273 e. The van der Waals surface area contributed by atoms with Gasteiger partial charge < -0.3 is 10.2 Å². The first-order valence-electron chi connectivity index (χ1n) is 8.47. The molecule has 150 valence electrons. The fourth-order valence-corrected chi connectivity index (χ4v) is 2.99. The van der Waals surface area contributed by atoms with Gasteiger partial charge in [0, 0.05) is 12.7 Å². The minimum Gasteiger partial charge on any atom is -0.335 e. The number of nitrogens with one attached hydrogen (secondary N) is 2. The highest BCUT2D eigenvalue weighted by atomic mass is 35.5. The number of benzene rings is 2. The zero-order chi connectivity index (χ0) is 21.1. The van der Waals surface area contributed by atoms with Gasteiger partial charge in [0.1, 0.15) is 6.54 Å². The molecule has 0 aliphatic carbocycles. The molecule has 2 amide bonds. The number of H-pyrrole nitrogens is 1. The van der Waals surface area contributed by atoms with Gasteiger partial charge in [-0.05, 0) is 30.3 Å². The van der Waals surface area contributed by atoms with Crippen molar-refractivity contribution in [1.29, 1.82) is 0 Å². The van der Waals surface area contributed by atoms with E-state index in [1.807, 2.05) is 0 Å². The lowest BCUT2D eigenvalue weighted by atomic mass is 10.2. The summed E-state index contributed by atoms with van der Waals surface area (Å²) in [6.07, 6.45) is 0. The number of hydrogen-bond donors (Lipinski definition) is 2. The summed E-state index contributed by atoms with van der Waals surface area (Å²) in [5.74, 6) is -0.985. The van der Waals surface area contributed by atoms with Crippen LogP contribution in [0.5, 0.6) is 0 Å². The van der Waals surface area contributed by atoms with E-state index in [0.29, 0.717) is 10.7 Å². The number of likely N-dealkylation sites (N-methyl/N-ethyl adjacent to an activating group) is 1. The van der Waals surface area contributed by atoms with Gasteiger partial charge >= 0.3 is 0 Å². The van der Waals surface area contributed by atoms with Crippen molar-refractivity contribution in [2.24, 2.45) is 0 Å². The van der Waals surface area contributed by atoms with Crippen molar-refractivity contribution < 1.29 is 9.59 Å². The molecule has 0 saturated carbocycles. The normalized spacial score (nSPS) is 10.7. The highest BCUT2D eigenvalue weighted by Crippen LogP contribution is 2.24. The second-order valence-corrected chi connectivity index (χ2v) is 7.12. The van der Waals surface area contributed by atoms with E-state index in [1.54, 1.807) is 18.2 Å². The summed E-state index contributed by atoms with van der Waals surface area (Å²) < 4.78 is 0.931. The Hall–Kier alpha value is -3.10. The Morgan fingerprint density at radius 1 is 1.07 bits per heavy atom. The monoisotopic (exact) mass is 434 g/mol. The standard InChI is InChI=1S/C19H16Cl2N4O4/c1-24(9-16(26)22-11-6-7-14(20)15(21)8-11)17(27)10-25-19(29)13-5-3-2-4-12(13)18(28)23-25/h2-8H,9-10H2,1H3,(H,22,26)(H,23,28).